The Balaban J connectivity index is 1.68. The standard InChI is InChI=1S/C19H15F3O2/c20-19(21,22)24-17-9-7-15(8-10-17)18(23)11-5-13-4-6-14-2-1-3-16(14)12-13/h4-12H,1-3H2. The van der Waals surface area contributed by atoms with Crippen LogP contribution in [0.4, 0.5) is 13.2 Å². The summed E-state index contributed by atoms with van der Waals surface area (Å²) in [5.74, 6) is -0.615. The van der Waals surface area contributed by atoms with Crippen LogP contribution in [0, 0.1) is 0 Å². The molecule has 3 rings (SSSR count). The largest absolute Gasteiger partial charge is 0.573 e. The van der Waals surface area contributed by atoms with Crippen LogP contribution in [0.5, 0.6) is 5.75 Å². The molecule has 2 nitrogen and oxygen atoms in total. The Hall–Kier alpha value is -2.56. The van der Waals surface area contributed by atoms with Crippen LogP contribution in [0.25, 0.3) is 6.08 Å². The number of allylic oxidation sites excluding steroid dienone is 1. The fourth-order valence-corrected chi connectivity index (χ4v) is 2.78. The van der Waals surface area contributed by atoms with Crippen LogP contribution < -0.4 is 4.74 Å². The minimum absolute atomic E-state index is 0.269. The van der Waals surface area contributed by atoms with E-state index in [1.165, 1.54) is 29.3 Å². The second kappa shape index (κ2) is 6.51. The highest BCUT2D eigenvalue weighted by Crippen LogP contribution is 2.24. The van der Waals surface area contributed by atoms with E-state index < -0.39 is 6.36 Å². The second-order valence-electron chi connectivity index (χ2n) is 5.65. The number of hydrogen-bond donors (Lipinski definition) is 0. The Kier molecular flexibility index (Phi) is 4.42. The van der Waals surface area contributed by atoms with Crippen molar-refractivity contribution in [1.82, 2.24) is 0 Å². The lowest BCUT2D eigenvalue weighted by atomic mass is 10.0. The van der Waals surface area contributed by atoms with E-state index in [1.54, 1.807) is 6.08 Å². The highest BCUT2D eigenvalue weighted by atomic mass is 19.4. The van der Waals surface area contributed by atoms with Crippen molar-refractivity contribution in [2.75, 3.05) is 0 Å². The minimum atomic E-state index is -4.74. The van der Waals surface area contributed by atoms with Crippen molar-refractivity contribution >= 4 is 11.9 Å². The Labute approximate surface area is 137 Å². The Bertz CT molecular complexity index is 774. The summed E-state index contributed by atoms with van der Waals surface area (Å²) in [6.07, 6.45) is 1.74. The number of benzene rings is 2. The number of fused-ring (bicyclic) bond motifs is 1. The lowest BCUT2D eigenvalue weighted by molar-refractivity contribution is -0.274. The first-order chi connectivity index (χ1) is 11.4. The van der Waals surface area contributed by atoms with Gasteiger partial charge in [0.05, 0.1) is 0 Å². The minimum Gasteiger partial charge on any atom is -0.406 e. The van der Waals surface area contributed by atoms with Gasteiger partial charge in [0, 0.05) is 5.56 Å². The molecule has 0 N–H and O–H groups in total. The summed E-state index contributed by atoms with van der Waals surface area (Å²) in [7, 11) is 0. The zero-order valence-electron chi connectivity index (χ0n) is 12.8. The number of ketones is 1. The topological polar surface area (TPSA) is 26.3 Å². The molecule has 0 bridgehead atoms. The maximum absolute atomic E-state index is 12.1. The SMILES string of the molecule is O=C(C=Cc1ccc2c(c1)CCC2)c1ccc(OC(F)(F)F)cc1. The molecule has 0 saturated carbocycles. The molecule has 1 aliphatic rings. The van der Waals surface area contributed by atoms with Crippen molar-refractivity contribution in [3.05, 3.63) is 70.8 Å². The quantitative estimate of drug-likeness (QED) is 0.584. The predicted molar refractivity (Wildman–Crippen MR) is 85.0 cm³/mol. The molecule has 0 unspecified atom stereocenters. The third-order valence-electron chi connectivity index (χ3n) is 3.92. The van der Waals surface area contributed by atoms with Crippen molar-refractivity contribution in [2.45, 2.75) is 25.6 Å². The Morgan fingerprint density at radius 1 is 1.00 bits per heavy atom. The normalized spacial score (nSPS) is 14.0. The van der Waals surface area contributed by atoms with E-state index in [9.17, 15) is 18.0 Å². The van der Waals surface area contributed by atoms with Gasteiger partial charge in [-0.25, -0.2) is 0 Å². The molecule has 0 atom stereocenters. The lowest BCUT2D eigenvalue weighted by Gasteiger charge is -2.08. The van der Waals surface area contributed by atoms with Gasteiger partial charge in [-0.15, -0.1) is 13.2 Å². The average molecular weight is 332 g/mol. The first-order valence-corrected chi connectivity index (χ1v) is 7.61. The van der Waals surface area contributed by atoms with Gasteiger partial charge in [0.1, 0.15) is 5.75 Å². The monoisotopic (exact) mass is 332 g/mol. The van der Waals surface area contributed by atoms with Crippen LogP contribution in [0.1, 0.15) is 33.5 Å². The highest BCUT2D eigenvalue weighted by molar-refractivity contribution is 6.06. The van der Waals surface area contributed by atoms with Crippen molar-refractivity contribution in [3.63, 3.8) is 0 Å². The molecule has 0 heterocycles. The smallest absolute Gasteiger partial charge is 0.406 e. The third-order valence-corrected chi connectivity index (χ3v) is 3.92. The van der Waals surface area contributed by atoms with E-state index in [0.29, 0.717) is 5.56 Å². The molecule has 0 saturated heterocycles. The number of carbonyl (C=O) groups excluding carboxylic acids is 1. The molecule has 5 heteroatoms. The number of rotatable bonds is 4. The summed E-state index contributed by atoms with van der Waals surface area (Å²) >= 11 is 0. The van der Waals surface area contributed by atoms with Crippen LogP contribution in [0.3, 0.4) is 0 Å². The van der Waals surface area contributed by atoms with Crippen LogP contribution in [-0.2, 0) is 12.8 Å². The van der Waals surface area contributed by atoms with Crippen molar-refractivity contribution in [1.29, 1.82) is 0 Å². The maximum Gasteiger partial charge on any atom is 0.573 e. The summed E-state index contributed by atoms with van der Waals surface area (Å²) in [5.41, 5.74) is 3.93. The van der Waals surface area contributed by atoms with Crippen LogP contribution in [0.2, 0.25) is 0 Å². The molecular formula is C19H15F3O2. The summed E-state index contributed by atoms with van der Waals surface area (Å²) in [6, 6.07) is 11.0. The van der Waals surface area contributed by atoms with Crippen molar-refractivity contribution < 1.29 is 22.7 Å². The van der Waals surface area contributed by atoms with Crippen LogP contribution in [-0.4, -0.2) is 12.1 Å². The zero-order valence-corrected chi connectivity index (χ0v) is 12.8. The molecule has 0 radical (unpaired) electrons. The molecule has 0 aliphatic heterocycles. The summed E-state index contributed by atoms with van der Waals surface area (Å²) in [4.78, 5) is 12.1. The Morgan fingerprint density at radius 3 is 2.42 bits per heavy atom. The molecule has 0 fully saturated rings. The lowest BCUT2D eigenvalue weighted by Crippen LogP contribution is -2.17. The van der Waals surface area contributed by atoms with Crippen molar-refractivity contribution in [2.24, 2.45) is 0 Å². The van der Waals surface area contributed by atoms with E-state index in [0.717, 1.165) is 37.0 Å². The molecule has 0 spiro atoms. The summed E-state index contributed by atoms with van der Waals surface area (Å²) in [5, 5.41) is 0. The fraction of sp³-hybridized carbons (Fsp3) is 0.211. The number of halogens is 3. The molecule has 0 aromatic heterocycles. The summed E-state index contributed by atoms with van der Waals surface area (Å²) < 4.78 is 40.1. The van der Waals surface area contributed by atoms with E-state index in [-0.39, 0.29) is 11.5 Å². The van der Waals surface area contributed by atoms with Gasteiger partial charge in [0.15, 0.2) is 5.78 Å². The molecule has 2 aromatic rings. The van der Waals surface area contributed by atoms with Gasteiger partial charge in [0.2, 0.25) is 0 Å². The third kappa shape index (κ3) is 4.04. The van der Waals surface area contributed by atoms with E-state index in [2.05, 4.69) is 16.9 Å². The number of carbonyl (C=O) groups is 1. The van der Waals surface area contributed by atoms with Gasteiger partial charge >= 0.3 is 6.36 Å². The van der Waals surface area contributed by atoms with Crippen LogP contribution >= 0.6 is 0 Å². The number of alkyl halides is 3. The number of ether oxygens (including phenoxy) is 1. The van der Waals surface area contributed by atoms with Gasteiger partial charge in [-0.3, -0.25) is 4.79 Å². The maximum atomic E-state index is 12.1. The first kappa shape index (κ1) is 16.3. The van der Waals surface area contributed by atoms with E-state index in [1.807, 2.05) is 6.07 Å². The molecule has 1 aliphatic carbocycles. The molecule has 24 heavy (non-hydrogen) atoms. The average Bonchev–Trinajstić information content (AvgIpc) is 2.99. The zero-order chi connectivity index (χ0) is 17.2. The Morgan fingerprint density at radius 2 is 1.71 bits per heavy atom. The molecule has 0 amide bonds. The van der Waals surface area contributed by atoms with Gasteiger partial charge in [-0.05, 0) is 66.3 Å². The van der Waals surface area contributed by atoms with E-state index >= 15 is 0 Å². The summed E-state index contributed by atoms with van der Waals surface area (Å²) in [6.45, 7) is 0. The van der Waals surface area contributed by atoms with Gasteiger partial charge < -0.3 is 4.74 Å². The second-order valence-corrected chi connectivity index (χ2v) is 5.65. The number of aryl methyl sites for hydroxylation is 2. The van der Waals surface area contributed by atoms with Gasteiger partial charge in [-0.1, -0.05) is 24.3 Å². The predicted octanol–water partition coefficient (Wildman–Crippen LogP) is 4.97. The first-order valence-electron chi connectivity index (χ1n) is 7.61. The molecular weight excluding hydrogens is 317 g/mol. The van der Waals surface area contributed by atoms with Crippen molar-refractivity contribution in [3.8, 4) is 5.75 Å². The molecule has 124 valence electrons. The van der Waals surface area contributed by atoms with E-state index in [4.69, 9.17) is 0 Å². The van der Waals surface area contributed by atoms with Crippen LogP contribution in [0.15, 0.2) is 48.5 Å². The van der Waals surface area contributed by atoms with Gasteiger partial charge in [0.25, 0.3) is 0 Å². The van der Waals surface area contributed by atoms with Gasteiger partial charge in [-0.2, -0.15) is 0 Å². The molecule has 2 aromatic carbocycles. The number of hydrogen-bond acceptors (Lipinski definition) is 2. The fourth-order valence-electron chi connectivity index (χ4n) is 2.78. The highest BCUT2D eigenvalue weighted by Gasteiger charge is 2.31.